The largest absolute Gasteiger partial charge is 0.481 e. The number of terminal acetylenes is 1. The molecule has 0 spiro atoms. The number of nitrogens with one attached hydrogen (secondary N) is 3. The lowest BCUT2D eigenvalue weighted by Crippen LogP contribution is -2.21. The van der Waals surface area contributed by atoms with E-state index in [9.17, 15) is 80.4 Å². The molecule has 40 heteroatoms. The minimum atomic E-state index is -0.833. The number of halogens is 5. The van der Waals surface area contributed by atoms with Crippen molar-refractivity contribution < 1.29 is 54.0 Å². The van der Waals surface area contributed by atoms with E-state index in [0.29, 0.717) is 67.0 Å². The van der Waals surface area contributed by atoms with E-state index in [1.165, 1.54) is 153 Å². The topological polar surface area (TPSA) is 576 Å². The number of hydrogen-bond acceptors (Lipinski definition) is 24. The van der Waals surface area contributed by atoms with E-state index < -0.39 is 35.5 Å². The Labute approximate surface area is 867 Å². The molecule has 0 aliphatic carbocycles. The lowest BCUT2D eigenvalue weighted by Gasteiger charge is -2.13. The molecule has 15 aromatic rings. The number of fused-ring (bicyclic) bond motifs is 2. The highest BCUT2D eigenvalue weighted by Crippen LogP contribution is 2.31. The molecule has 0 atom stereocenters. The van der Waals surface area contributed by atoms with Crippen LogP contribution in [0.2, 0.25) is 0 Å². The van der Waals surface area contributed by atoms with Crippen LogP contribution in [0, 0.1) is 107 Å². The van der Waals surface area contributed by atoms with Crippen LogP contribution in [-0.2, 0) is 14.4 Å². The number of carbonyl (C=O) groups excluding carboxylic acids is 2. The van der Waals surface area contributed by atoms with Gasteiger partial charge in [-0.25, -0.2) is 0 Å². The Hall–Kier alpha value is -17.0. The number of aliphatic carboxylic acids is 1. The number of anilines is 7. The molecule has 13 aromatic carbocycles. The van der Waals surface area contributed by atoms with E-state index in [4.69, 9.17) is 62.3 Å². The Balaban J connectivity index is 0.000000413. The summed E-state index contributed by atoms with van der Waals surface area (Å²) in [4.78, 5) is 109. The molecule has 2 heterocycles. The number of aromatic nitrogens is 2. The fraction of sp³-hybridized carbons (Fsp3) is 0.125. The number of nitrogens with two attached hydrogens (primary N) is 6. The van der Waals surface area contributed by atoms with Crippen LogP contribution >= 0.6 is 71.7 Å². The number of benzene rings is 13. The zero-order valence-corrected chi connectivity index (χ0v) is 85.5. The minimum Gasteiger partial charge on any atom is -0.481 e. The third kappa shape index (κ3) is 47.6. The first kappa shape index (κ1) is 121. The highest BCUT2D eigenvalue weighted by atomic mass is 80.9. The molecule has 0 radical (unpaired) electrons. The first-order valence-corrected chi connectivity index (χ1v) is 48.6. The van der Waals surface area contributed by atoms with Gasteiger partial charge in [-0.1, -0.05) is 179 Å². The molecule has 15 rings (SSSR count). The molecule has 144 heavy (non-hydrogen) atoms. The van der Waals surface area contributed by atoms with Gasteiger partial charge in [0.1, 0.15) is 0 Å². The van der Waals surface area contributed by atoms with E-state index in [-0.39, 0.29) is 55.9 Å². The van der Waals surface area contributed by atoms with Gasteiger partial charge in [0.2, 0.25) is 11.1 Å². The maximum atomic E-state index is 11.8. The quantitative estimate of drug-likeness (QED) is 0.0133. The lowest BCUT2D eigenvalue weighted by molar-refractivity contribution is -0.385. The maximum Gasteiger partial charge on any atom is 0.300 e. The Morgan fingerprint density at radius 3 is 1.00 bits per heavy atom. The average Bonchev–Trinajstić information content (AvgIpc) is 1.67. The number of carbonyl (C=O) groups is 3. The summed E-state index contributed by atoms with van der Waals surface area (Å²) in [5.74, 6) is 13.2. The predicted molar refractivity (Wildman–Crippen MR) is 588 cm³/mol. The monoisotopic (exact) mass is 2230 g/mol. The number of hydrogen-bond donors (Lipinski definition) is 10. The number of H-pyrrole nitrogens is 2. The highest BCUT2D eigenvalue weighted by Gasteiger charge is 2.15. The molecule has 0 aliphatic heterocycles. The van der Waals surface area contributed by atoms with Crippen molar-refractivity contribution in [3.05, 3.63) is 429 Å². The van der Waals surface area contributed by atoms with Gasteiger partial charge in [0.25, 0.3) is 45.8 Å². The van der Waals surface area contributed by atoms with Gasteiger partial charge >= 0.3 is 0 Å². The van der Waals surface area contributed by atoms with Gasteiger partial charge in [-0.3, -0.25) is 85.2 Å². The van der Waals surface area contributed by atoms with Crippen LogP contribution in [0.4, 0.5) is 79.6 Å². The number of nitro groups is 7. The minimum absolute atomic E-state index is 0.0124. The molecule has 0 fully saturated rings. The molecule has 1 amide bonds. The summed E-state index contributed by atoms with van der Waals surface area (Å²) in [6.45, 7) is 15.0. The molecule has 2 aromatic heterocycles. The van der Waals surface area contributed by atoms with Crippen molar-refractivity contribution in [2.24, 2.45) is 0 Å². The van der Waals surface area contributed by atoms with Crippen LogP contribution in [0.15, 0.2) is 330 Å². The van der Waals surface area contributed by atoms with E-state index in [1.54, 1.807) is 12.1 Å². The first-order chi connectivity index (χ1) is 68.7. The summed E-state index contributed by atoms with van der Waals surface area (Å²) in [6, 6.07) is 91.6. The van der Waals surface area contributed by atoms with Crippen molar-refractivity contribution in [1.29, 1.82) is 0 Å². The van der Waals surface area contributed by atoms with Crippen molar-refractivity contribution in [1.82, 2.24) is 14.9 Å². The lowest BCUT2D eigenvalue weighted by atomic mass is 10.1. The summed E-state index contributed by atoms with van der Waals surface area (Å²) in [5.41, 5.74) is 46.8. The summed E-state index contributed by atoms with van der Waals surface area (Å²) < 4.78 is 1.10. The summed E-state index contributed by atoms with van der Waals surface area (Å²) in [5, 5.41) is 84.8. The molecule has 0 saturated carbocycles. The number of non-ortho nitro benzene ring substituents is 7. The van der Waals surface area contributed by atoms with E-state index in [1.807, 2.05) is 178 Å². The van der Waals surface area contributed by atoms with Crippen LogP contribution in [-0.4, -0.2) is 91.2 Å². The number of amides is 1. The number of nitro benzene ring substituents is 7. The van der Waals surface area contributed by atoms with Gasteiger partial charge in [-0.05, 0) is 208 Å². The van der Waals surface area contributed by atoms with Crippen LogP contribution < -0.4 is 39.7 Å². The van der Waals surface area contributed by atoms with Crippen molar-refractivity contribution in [2.45, 2.75) is 67.2 Å². The summed E-state index contributed by atoms with van der Waals surface area (Å²) >= 11 is 16.6. The van der Waals surface area contributed by atoms with Crippen LogP contribution in [0.3, 0.4) is 0 Å². The second-order valence-corrected chi connectivity index (χ2v) is 31.0. The smallest absolute Gasteiger partial charge is 0.300 e. The predicted octanol–water partition coefficient (Wildman–Crippen LogP) is 26.1. The van der Waals surface area contributed by atoms with Gasteiger partial charge < -0.3 is 59.7 Å². The van der Waals surface area contributed by atoms with Gasteiger partial charge in [0.15, 0.2) is 0 Å². The Bertz CT molecular complexity index is 6730. The second-order valence-electron chi connectivity index (χ2n) is 28.9. The normalized spacial score (nSPS) is 9.47. The molecule has 16 N–H and O–H groups in total. The molecule has 0 saturated heterocycles. The van der Waals surface area contributed by atoms with Crippen LogP contribution in [0.25, 0.3) is 44.3 Å². The molecular weight excluding hydrogens is 2130 g/mol. The van der Waals surface area contributed by atoms with Crippen molar-refractivity contribution in [3.8, 4) is 58.5 Å². The van der Waals surface area contributed by atoms with E-state index in [0.717, 1.165) is 80.9 Å². The fourth-order valence-corrected chi connectivity index (χ4v) is 12.1. The molecule has 0 bridgehead atoms. The van der Waals surface area contributed by atoms with Crippen molar-refractivity contribution >= 4 is 190 Å². The molecular formula is C104H102Br4ClN17O18. The zero-order chi connectivity index (χ0) is 107. The van der Waals surface area contributed by atoms with Crippen LogP contribution in [0.5, 0.6) is 0 Å². The van der Waals surface area contributed by atoms with Crippen molar-refractivity contribution in [3.63, 3.8) is 0 Å². The zero-order valence-electron chi connectivity index (χ0n) is 78.4. The molecule has 0 unspecified atom stereocenters. The summed E-state index contributed by atoms with van der Waals surface area (Å²) in [6.07, 6.45) is 7.57. The Morgan fingerprint density at radius 1 is 0.375 bits per heavy atom. The van der Waals surface area contributed by atoms with Gasteiger partial charge in [0, 0.05) is 226 Å². The van der Waals surface area contributed by atoms with Gasteiger partial charge in [0.05, 0.1) is 51.3 Å². The number of nitrogens with zero attached hydrogens (tertiary/aromatic N) is 8. The first-order valence-electron chi connectivity index (χ1n) is 42.9. The number of rotatable bonds is 17. The third-order valence-electron chi connectivity index (χ3n) is 18.4. The molecule has 35 nitrogen and oxygen atoms in total. The van der Waals surface area contributed by atoms with Gasteiger partial charge in [-0.2, -0.15) is 0 Å². The number of aromatic amines is 2. The Morgan fingerprint density at radius 2 is 0.674 bits per heavy atom. The van der Waals surface area contributed by atoms with Crippen molar-refractivity contribution in [2.75, 3.05) is 59.4 Å². The second kappa shape index (κ2) is 67.3. The SMILES string of the molecule is BrBr.C#Cc1ccccc1.CC(=O)O.CCCC(=O)Cl.CCCC(=O)Nc1ccc([N+](=O)[O-])cc1C#Cc1ccccc1.CCN(CC)CC.Nc1ccc([N+](=O)[O-])cc1.Nc1ccc([N+](=O)[O-])cc1.Nc1ccc([N+](=O)[O-])cc1Br.Nc1ccc([N+](=O)[O-])cc1Br.Nc1ccc([N+](=O)[O-])cc1C#Cc1ccccc1.Nc1ccc2[nH]c(-c3ccccc3)cc2c1.O=[N+]([O-])c1ccc2[nH]c(-c3ccccc3)cc2c1. The van der Waals surface area contributed by atoms with Crippen LogP contribution in [0.1, 0.15) is 95.0 Å². The van der Waals surface area contributed by atoms with Gasteiger partial charge in [-0.15, -0.1) is 6.42 Å². The standard InChI is InChI=1S/C18H16N2O3.2C14H10N2O2.C14H12N2.C8H6.2C6H5BrN2O2.2C6H6N2O2.C6H15N.C4H7ClO.C2H4O2.Br2/c1-2-6-18(21)19-17-12-11-16(20(22)23)13-15(17)10-9-14-7-4-3-5-8-14;17-16(18)12-6-7-13-11(8-12)9-14(15-13)10-4-2-1-3-5-10;15-14-9-8-13(16(17)18)10-12(14)7-6-11-4-2-1-3-5-11;15-12-6-7-13-11(8-12)9-14(16-13)10-4-2-1-3-5-10;1-2-8-6-4-3-5-7-8;2*7-5-3-4(9(10)11)1-2-6(5)8;2*7-5-1-3-6(4-2-5)8(9)10;1-4-7(5-2)6-3;1-2-3-4(5)6;1-2(3)4;1-2/h3-5,7-8,11-13H,2,6H2,1H3,(H,19,21);1-9,15H;1-5,8-10H,15H2;1-9,16H,15H2;1,3-7H;2*1-3H,8H2;2*1-4H,7H2;4-6H2,1-3H3;2-3H2,1H3;1H3,(H,3,4);. The number of carboxylic acid groups (broad SMARTS) is 1. The number of nitrogen functional groups attached to an aromatic ring is 6. The van der Waals surface area contributed by atoms with E-state index in [2.05, 4.69) is 149 Å². The third-order valence-corrected chi connectivity index (χ3v) is 20.0. The van der Waals surface area contributed by atoms with E-state index >= 15 is 0 Å². The highest BCUT2D eigenvalue weighted by molar-refractivity contribution is 9.93. The molecule has 746 valence electrons. The fourth-order valence-electron chi connectivity index (χ4n) is 11.2. The molecule has 0 aliphatic rings. The average molecular weight is 2230 g/mol. The Kier molecular flexibility index (Phi) is 56.7. The number of carboxylic acids is 1. The summed E-state index contributed by atoms with van der Waals surface area (Å²) in [7, 11) is 0. The maximum absolute atomic E-state index is 11.8.